The molecule has 1 amide bonds. The number of hydrogen-bond acceptors (Lipinski definition) is 7. The summed E-state index contributed by atoms with van der Waals surface area (Å²) in [5.41, 5.74) is 2.19. The zero-order valence-corrected chi connectivity index (χ0v) is 16.5. The lowest BCUT2D eigenvalue weighted by Gasteiger charge is -2.12. The standard InChI is InChI=1S/C19H21N3O4S/c1-11-16(12(2)26-22-11)10-25-17-6-5-14(7-18(17)24-4)19(23)21-9-15-8-20-13(3)27-15/h5-8H,9-10H2,1-4H3,(H,21,23). The van der Waals surface area contributed by atoms with Gasteiger partial charge < -0.3 is 19.3 Å². The lowest BCUT2D eigenvalue weighted by Crippen LogP contribution is -2.22. The van der Waals surface area contributed by atoms with Gasteiger partial charge in [-0.05, 0) is 39.0 Å². The van der Waals surface area contributed by atoms with Crippen molar-refractivity contribution in [3.63, 3.8) is 0 Å². The molecule has 3 aromatic rings. The van der Waals surface area contributed by atoms with Crippen LogP contribution in [-0.4, -0.2) is 23.2 Å². The van der Waals surface area contributed by atoms with Crippen molar-refractivity contribution in [1.82, 2.24) is 15.5 Å². The fourth-order valence-corrected chi connectivity index (χ4v) is 3.28. The molecule has 8 heteroatoms. The molecule has 1 N–H and O–H groups in total. The number of rotatable bonds is 7. The van der Waals surface area contributed by atoms with Crippen LogP contribution in [0.2, 0.25) is 0 Å². The van der Waals surface area contributed by atoms with Gasteiger partial charge in [-0.15, -0.1) is 11.3 Å². The van der Waals surface area contributed by atoms with E-state index in [1.807, 2.05) is 20.8 Å². The van der Waals surface area contributed by atoms with Crippen molar-refractivity contribution in [2.45, 2.75) is 33.9 Å². The second-order valence-electron chi connectivity index (χ2n) is 5.99. The first-order valence-corrected chi connectivity index (χ1v) is 9.21. The Hall–Kier alpha value is -2.87. The van der Waals surface area contributed by atoms with E-state index in [4.69, 9.17) is 14.0 Å². The summed E-state index contributed by atoms with van der Waals surface area (Å²) in [6.07, 6.45) is 1.77. The molecule has 0 spiro atoms. The first kappa shape index (κ1) is 18.9. The van der Waals surface area contributed by atoms with E-state index in [2.05, 4.69) is 15.5 Å². The Morgan fingerprint density at radius 2 is 2.07 bits per heavy atom. The summed E-state index contributed by atoms with van der Waals surface area (Å²) in [5, 5.41) is 7.77. The molecule has 3 rings (SSSR count). The van der Waals surface area contributed by atoms with Crippen molar-refractivity contribution >= 4 is 17.2 Å². The molecule has 0 aliphatic heterocycles. The van der Waals surface area contributed by atoms with E-state index >= 15 is 0 Å². The Balaban J connectivity index is 1.67. The van der Waals surface area contributed by atoms with Gasteiger partial charge in [0.05, 0.1) is 29.9 Å². The molecule has 27 heavy (non-hydrogen) atoms. The molecular formula is C19H21N3O4S. The largest absolute Gasteiger partial charge is 0.493 e. The second kappa shape index (κ2) is 8.22. The summed E-state index contributed by atoms with van der Waals surface area (Å²) in [6, 6.07) is 5.09. The predicted octanol–water partition coefficient (Wildman–Crippen LogP) is 3.57. The molecule has 2 aromatic heterocycles. The highest BCUT2D eigenvalue weighted by atomic mass is 32.1. The Labute approximate surface area is 161 Å². The molecule has 0 atom stereocenters. The van der Waals surface area contributed by atoms with Crippen LogP contribution in [0.15, 0.2) is 28.9 Å². The molecular weight excluding hydrogens is 366 g/mol. The van der Waals surface area contributed by atoms with E-state index in [1.54, 1.807) is 42.8 Å². The Morgan fingerprint density at radius 3 is 2.70 bits per heavy atom. The highest BCUT2D eigenvalue weighted by Gasteiger charge is 2.14. The van der Waals surface area contributed by atoms with Gasteiger partial charge in [-0.3, -0.25) is 4.79 Å². The summed E-state index contributed by atoms with van der Waals surface area (Å²) in [7, 11) is 1.54. The van der Waals surface area contributed by atoms with E-state index in [1.165, 1.54) is 0 Å². The van der Waals surface area contributed by atoms with Crippen molar-refractivity contribution in [3.8, 4) is 11.5 Å². The summed E-state index contributed by atoms with van der Waals surface area (Å²) in [6.45, 7) is 6.39. The maximum atomic E-state index is 12.4. The van der Waals surface area contributed by atoms with Gasteiger partial charge in [-0.2, -0.15) is 0 Å². The first-order chi connectivity index (χ1) is 13.0. The number of carbonyl (C=O) groups is 1. The summed E-state index contributed by atoms with van der Waals surface area (Å²) >= 11 is 1.56. The lowest BCUT2D eigenvalue weighted by atomic mass is 10.2. The molecule has 0 radical (unpaired) electrons. The predicted molar refractivity (Wildman–Crippen MR) is 101 cm³/mol. The monoisotopic (exact) mass is 387 g/mol. The van der Waals surface area contributed by atoms with Crippen LogP contribution in [0.25, 0.3) is 0 Å². The number of hydrogen-bond donors (Lipinski definition) is 1. The first-order valence-electron chi connectivity index (χ1n) is 8.40. The van der Waals surface area contributed by atoms with Gasteiger partial charge in [-0.1, -0.05) is 5.16 Å². The number of ether oxygens (including phenoxy) is 2. The summed E-state index contributed by atoms with van der Waals surface area (Å²) in [4.78, 5) is 17.6. The Kier molecular flexibility index (Phi) is 5.75. The van der Waals surface area contributed by atoms with Gasteiger partial charge in [0.2, 0.25) is 0 Å². The van der Waals surface area contributed by atoms with Crippen molar-refractivity contribution in [1.29, 1.82) is 0 Å². The molecule has 0 bridgehead atoms. The highest BCUT2D eigenvalue weighted by molar-refractivity contribution is 7.11. The van der Waals surface area contributed by atoms with Crippen LogP contribution in [0.5, 0.6) is 11.5 Å². The van der Waals surface area contributed by atoms with Crippen LogP contribution in [-0.2, 0) is 13.2 Å². The molecule has 0 aliphatic rings. The minimum atomic E-state index is -0.184. The Morgan fingerprint density at radius 1 is 1.26 bits per heavy atom. The van der Waals surface area contributed by atoms with E-state index in [9.17, 15) is 4.79 Å². The van der Waals surface area contributed by atoms with Crippen LogP contribution in [0.1, 0.15) is 37.3 Å². The van der Waals surface area contributed by atoms with Crippen molar-refractivity contribution in [2.75, 3.05) is 7.11 Å². The molecule has 2 heterocycles. The van der Waals surface area contributed by atoms with Crippen LogP contribution in [0.4, 0.5) is 0 Å². The van der Waals surface area contributed by atoms with Crippen molar-refractivity contribution < 1.29 is 18.8 Å². The average Bonchev–Trinajstić information content (AvgIpc) is 3.23. The number of carbonyl (C=O) groups excluding carboxylic acids is 1. The van der Waals surface area contributed by atoms with E-state index in [0.29, 0.717) is 30.2 Å². The van der Waals surface area contributed by atoms with Gasteiger partial charge in [0.1, 0.15) is 12.4 Å². The number of aryl methyl sites for hydroxylation is 3. The molecule has 1 aromatic carbocycles. The number of nitrogens with zero attached hydrogens (tertiary/aromatic N) is 2. The minimum absolute atomic E-state index is 0.184. The number of nitrogens with one attached hydrogen (secondary N) is 1. The maximum absolute atomic E-state index is 12.4. The van der Waals surface area contributed by atoms with E-state index in [-0.39, 0.29) is 5.91 Å². The zero-order chi connectivity index (χ0) is 19.4. The molecule has 142 valence electrons. The quantitative estimate of drug-likeness (QED) is 0.667. The fraction of sp³-hybridized carbons (Fsp3) is 0.316. The summed E-state index contributed by atoms with van der Waals surface area (Å²) < 4.78 is 16.4. The summed E-state index contributed by atoms with van der Waals surface area (Å²) in [5.74, 6) is 1.58. The normalized spacial score (nSPS) is 10.7. The molecule has 0 aliphatic carbocycles. The number of amides is 1. The topological polar surface area (TPSA) is 86.5 Å². The third kappa shape index (κ3) is 4.46. The smallest absolute Gasteiger partial charge is 0.251 e. The number of thiazole rings is 1. The molecule has 0 saturated heterocycles. The number of methoxy groups -OCH3 is 1. The Bertz CT molecular complexity index is 929. The van der Waals surface area contributed by atoms with Crippen molar-refractivity contribution in [3.05, 3.63) is 56.9 Å². The van der Waals surface area contributed by atoms with Crippen molar-refractivity contribution in [2.24, 2.45) is 0 Å². The fourth-order valence-electron chi connectivity index (χ4n) is 2.54. The lowest BCUT2D eigenvalue weighted by molar-refractivity contribution is 0.0951. The minimum Gasteiger partial charge on any atom is -0.493 e. The van der Waals surface area contributed by atoms with E-state index in [0.717, 1.165) is 26.9 Å². The molecule has 0 saturated carbocycles. The van der Waals surface area contributed by atoms with Gasteiger partial charge >= 0.3 is 0 Å². The number of aromatic nitrogens is 2. The van der Waals surface area contributed by atoms with Crippen LogP contribution < -0.4 is 14.8 Å². The van der Waals surface area contributed by atoms with Gasteiger partial charge in [0, 0.05) is 16.6 Å². The van der Waals surface area contributed by atoms with Gasteiger partial charge in [-0.25, -0.2) is 4.98 Å². The van der Waals surface area contributed by atoms with Gasteiger partial charge in [0.15, 0.2) is 11.5 Å². The van der Waals surface area contributed by atoms with E-state index < -0.39 is 0 Å². The van der Waals surface area contributed by atoms with Crippen LogP contribution in [0.3, 0.4) is 0 Å². The highest BCUT2D eigenvalue weighted by Crippen LogP contribution is 2.29. The SMILES string of the molecule is COc1cc(C(=O)NCc2cnc(C)s2)ccc1OCc1c(C)noc1C. The maximum Gasteiger partial charge on any atom is 0.251 e. The average molecular weight is 387 g/mol. The number of benzene rings is 1. The van der Waals surface area contributed by atoms with Crippen LogP contribution >= 0.6 is 11.3 Å². The zero-order valence-electron chi connectivity index (χ0n) is 15.7. The molecule has 0 fully saturated rings. The molecule has 7 nitrogen and oxygen atoms in total. The molecule has 0 unspecified atom stereocenters. The third-order valence-corrected chi connectivity index (χ3v) is 4.98. The van der Waals surface area contributed by atoms with Crippen LogP contribution in [0, 0.1) is 20.8 Å². The third-order valence-electron chi connectivity index (χ3n) is 4.07. The van der Waals surface area contributed by atoms with Gasteiger partial charge in [0.25, 0.3) is 5.91 Å². The second-order valence-corrected chi connectivity index (χ2v) is 7.30.